The molecule has 1 aliphatic heterocycles. The van der Waals surface area contributed by atoms with Crippen molar-refractivity contribution in [3.63, 3.8) is 0 Å². The second kappa shape index (κ2) is 15.9. The number of carbonyl (C=O) groups is 6. The van der Waals surface area contributed by atoms with E-state index in [1.165, 1.54) is 11.8 Å². The van der Waals surface area contributed by atoms with E-state index >= 15 is 0 Å². The maximum absolute atomic E-state index is 13.1. The highest BCUT2D eigenvalue weighted by molar-refractivity contribution is 5.96. The van der Waals surface area contributed by atoms with E-state index in [4.69, 9.17) is 10.8 Å². The van der Waals surface area contributed by atoms with Crippen LogP contribution < -0.4 is 27.0 Å². The molecule has 216 valence electrons. The minimum atomic E-state index is -1.47. The number of carboxylic acids is 1. The molecule has 1 fully saturated rings. The monoisotopic (exact) mass is 542 g/mol. The van der Waals surface area contributed by atoms with Crippen LogP contribution in [0, 0.1) is 5.92 Å². The van der Waals surface area contributed by atoms with Crippen LogP contribution in [0.5, 0.6) is 0 Å². The van der Waals surface area contributed by atoms with Gasteiger partial charge in [0, 0.05) is 19.5 Å². The molecule has 0 aromatic heterocycles. The van der Waals surface area contributed by atoms with Gasteiger partial charge in [0.25, 0.3) is 0 Å². The van der Waals surface area contributed by atoms with E-state index in [0.717, 1.165) is 0 Å². The number of nitrogens with two attached hydrogens (primary N) is 1. The van der Waals surface area contributed by atoms with Crippen LogP contribution in [0.2, 0.25) is 0 Å². The van der Waals surface area contributed by atoms with Crippen molar-refractivity contribution in [2.75, 3.05) is 19.6 Å². The molecule has 1 heterocycles. The first kappa shape index (κ1) is 32.8. The number of amides is 5. The van der Waals surface area contributed by atoms with E-state index in [-0.39, 0.29) is 24.8 Å². The summed E-state index contributed by atoms with van der Waals surface area (Å²) >= 11 is 0. The lowest BCUT2D eigenvalue weighted by molar-refractivity contribution is -0.141. The molecule has 0 radical (unpaired) electrons. The summed E-state index contributed by atoms with van der Waals surface area (Å²) in [5.41, 5.74) is 6.02. The van der Waals surface area contributed by atoms with Gasteiger partial charge in [-0.05, 0) is 45.4 Å². The maximum atomic E-state index is 13.1. The first-order valence-corrected chi connectivity index (χ1v) is 12.9. The van der Waals surface area contributed by atoms with Crippen LogP contribution in [0.1, 0.15) is 59.8 Å². The van der Waals surface area contributed by atoms with Gasteiger partial charge >= 0.3 is 5.97 Å². The molecule has 1 aliphatic rings. The second-order valence-corrected chi connectivity index (χ2v) is 9.82. The summed E-state index contributed by atoms with van der Waals surface area (Å²) in [7, 11) is 0. The van der Waals surface area contributed by atoms with Crippen molar-refractivity contribution < 1.29 is 39.0 Å². The quantitative estimate of drug-likeness (QED) is 0.119. The van der Waals surface area contributed by atoms with E-state index in [2.05, 4.69) is 21.3 Å². The largest absolute Gasteiger partial charge is 0.481 e. The van der Waals surface area contributed by atoms with Crippen LogP contribution in [-0.4, -0.2) is 101 Å². The molecule has 38 heavy (non-hydrogen) atoms. The van der Waals surface area contributed by atoms with Gasteiger partial charge in [-0.3, -0.25) is 28.8 Å². The fourth-order valence-corrected chi connectivity index (χ4v) is 4.13. The predicted octanol–water partition coefficient (Wildman–Crippen LogP) is -2.18. The molecule has 1 rings (SSSR count). The fourth-order valence-electron chi connectivity index (χ4n) is 4.13. The summed E-state index contributed by atoms with van der Waals surface area (Å²) in [5.74, 6) is -4.25. The molecule has 0 bridgehead atoms. The van der Waals surface area contributed by atoms with Crippen molar-refractivity contribution in [3.8, 4) is 0 Å². The molecule has 0 unspecified atom stereocenters. The molecule has 14 heteroatoms. The van der Waals surface area contributed by atoms with E-state index in [0.29, 0.717) is 32.4 Å². The average molecular weight is 543 g/mol. The van der Waals surface area contributed by atoms with Gasteiger partial charge in [-0.25, -0.2) is 0 Å². The molecule has 0 spiro atoms. The summed E-state index contributed by atoms with van der Waals surface area (Å²) < 4.78 is 0. The zero-order valence-corrected chi connectivity index (χ0v) is 22.5. The number of aliphatic hydroxyl groups excluding tert-OH is 1. The van der Waals surface area contributed by atoms with E-state index in [1.54, 1.807) is 6.92 Å². The lowest BCUT2D eigenvalue weighted by atomic mass is 10.0. The van der Waals surface area contributed by atoms with Gasteiger partial charge in [-0.15, -0.1) is 0 Å². The van der Waals surface area contributed by atoms with Crippen molar-refractivity contribution in [3.05, 3.63) is 0 Å². The van der Waals surface area contributed by atoms with Gasteiger partial charge in [0.2, 0.25) is 29.5 Å². The number of aliphatic hydroxyl groups is 1. The van der Waals surface area contributed by atoms with Crippen molar-refractivity contribution in [2.45, 2.75) is 90.1 Å². The lowest BCUT2D eigenvalue weighted by Gasteiger charge is -2.29. The van der Waals surface area contributed by atoms with Gasteiger partial charge in [0.05, 0.1) is 18.7 Å². The highest BCUT2D eigenvalue weighted by Gasteiger charge is 2.38. The van der Waals surface area contributed by atoms with Crippen molar-refractivity contribution in [1.29, 1.82) is 0 Å². The maximum Gasteiger partial charge on any atom is 0.303 e. The van der Waals surface area contributed by atoms with Crippen LogP contribution in [0.25, 0.3) is 0 Å². The zero-order valence-electron chi connectivity index (χ0n) is 22.5. The van der Waals surface area contributed by atoms with Gasteiger partial charge < -0.3 is 42.1 Å². The summed E-state index contributed by atoms with van der Waals surface area (Å²) in [4.78, 5) is 75.6. The third-order valence-corrected chi connectivity index (χ3v) is 6.02. The Labute approximate surface area is 222 Å². The second-order valence-electron chi connectivity index (χ2n) is 9.82. The Bertz CT molecular complexity index is 865. The lowest BCUT2D eigenvalue weighted by Crippen LogP contribution is -2.59. The minimum absolute atomic E-state index is 0.174. The number of carboxylic acid groups (broad SMARTS) is 1. The van der Waals surface area contributed by atoms with E-state index in [1.807, 2.05) is 13.8 Å². The molecule has 5 amide bonds. The number of hydrogen-bond acceptors (Lipinski definition) is 8. The third kappa shape index (κ3) is 10.6. The van der Waals surface area contributed by atoms with Crippen LogP contribution in [0.15, 0.2) is 0 Å². The Morgan fingerprint density at radius 2 is 1.68 bits per heavy atom. The zero-order chi connectivity index (χ0) is 29.0. The Morgan fingerprint density at radius 1 is 1.03 bits per heavy atom. The molecule has 0 aromatic rings. The summed E-state index contributed by atoms with van der Waals surface area (Å²) in [6, 6.07) is -4.49. The number of carbonyl (C=O) groups excluding carboxylic acids is 5. The number of rotatable bonds is 15. The Balaban J connectivity index is 2.96. The number of aliphatic carboxylic acids is 1. The van der Waals surface area contributed by atoms with Gasteiger partial charge in [-0.2, -0.15) is 0 Å². The molecule has 0 aliphatic carbocycles. The van der Waals surface area contributed by atoms with Crippen LogP contribution in [0.3, 0.4) is 0 Å². The summed E-state index contributed by atoms with van der Waals surface area (Å²) in [6.45, 7) is 7.10. The highest BCUT2D eigenvalue weighted by Crippen LogP contribution is 2.20. The average Bonchev–Trinajstić information content (AvgIpc) is 3.32. The summed E-state index contributed by atoms with van der Waals surface area (Å²) in [5, 5.41) is 28.8. The molecule has 0 saturated carbocycles. The standard InChI is InChI=1S/C24H42N6O8/c1-5-26-18(32)12-27-23(37)20(14(4)31)29-21(35)16(8-9-19(33)34)28-22(36)17-7-6-10-30(17)24(38)15(25)11-13(2)3/h13-17,20,31H,5-12,25H2,1-4H3,(H,26,32)(H,27,37)(H,28,36)(H,29,35)(H,33,34)/t14-,15+,16+,17+,20+/m1/s1. The van der Waals surface area contributed by atoms with Crippen molar-refractivity contribution in [2.24, 2.45) is 11.7 Å². The molecular weight excluding hydrogens is 500 g/mol. The first-order chi connectivity index (χ1) is 17.8. The molecule has 5 atom stereocenters. The predicted molar refractivity (Wildman–Crippen MR) is 136 cm³/mol. The Hall–Kier alpha value is -3.26. The number of nitrogens with zero attached hydrogens (tertiary/aromatic N) is 1. The molecule has 14 nitrogen and oxygen atoms in total. The third-order valence-electron chi connectivity index (χ3n) is 6.02. The van der Waals surface area contributed by atoms with Crippen LogP contribution in [-0.2, 0) is 28.8 Å². The van der Waals surface area contributed by atoms with Crippen molar-refractivity contribution in [1.82, 2.24) is 26.2 Å². The first-order valence-electron chi connectivity index (χ1n) is 12.9. The summed E-state index contributed by atoms with van der Waals surface area (Å²) in [6.07, 6.45) is -0.788. The normalized spacial score (nSPS) is 18.2. The van der Waals surface area contributed by atoms with Gasteiger partial charge in [0.15, 0.2) is 0 Å². The van der Waals surface area contributed by atoms with E-state index in [9.17, 15) is 33.9 Å². The molecule has 1 saturated heterocycles. The SMILES string of the molecule is CCNC(=O)CNC(=O)[C@@H](NC(=O)[C@H](CCC(=O)O)NC(=O)[C@@H]1CCCN1C(=O)[C@@H](N)CC(C)C)[C@@H](C)O. The van der Waals surface area contributed by atoms with Crippen molar-refractivity contribution >= 4 is 35.5 Å². The highest BCUT2D eigenvalue weighted by atomic mass is 16.4. The number of likely N-dealkylation sites (N-methyl/N-ethyl adjacent to an activating group) is 1. The topological polar surface area (TPSA) is 220 Å². The Kier molecular flexibility index (Phi) is 13.7. The number of nitrogens with one attached hydrogen (secondary N) is 4. The van der Waals surface area contributed by atoms with E-state index < -0.39 is 66.3 Å². The Morgan fingerprint density at radius 3 is 2.24 bits per heavy atom. The van der Waals surface area contributed by atoms with Gasteiger partial charge in [0.1, 0.15) is 18.1 Å². The molecular formula is C24H42N6O8. The van der Waals surface area contributed by atoms with Gasteiger partial charge in [-0.1, -0.05) is 13.8 Å². The number of hydrogen-bond donors (Lipinski definition) is 7. The van der Waals surface area contributed by atoms with Crippen LogP contribution in [0.4, 0.5) is 0 Å². The minimum Gasteiger partial charge on any atom is -0.481 e. The van der Waals surface area contributed by atoms with Crippen LogP contribution >= 0.6 is 0 Å². The smallest absolute Gasteiger partial charge is 0.303 e. The number of likely N-dealkylation sites (tertiary alicyclic amines) is 1. The molecule has 8 N–H and O–H groups in total. The fraction of sp³-hybridized carbons (Fsp3) is 0.750. The molecule has 0 aromatic carbocycles.